The van der Waals surface area contributed by atoms with Gasteiger partial charge in [0.1, 0.15) is 0 Å². The van der Waals surface area contributed by atoms with Crippen molar-refractivity contribution in [1.82, 2.24) is 0 Å². The standard InChI is InChI=1S/C20H21NS/c1-14-11-16-13-17(21(2)3)7-10-19(16)20(14)12-15-5-8-18(22-4)9-6-15/h5-13H,1-4H3. The Balaban J connectivity index is 1.99. The molecule has 0 amide bonds. The van der Waals surface area contributed by atoms with Gasteiger partial charge in [-0.25, -0.2) is 0 Å². The van der Waals surface area contributed by atoms with Gasteiger partial charge in [-0.15, -0.1) is 11.8 Å². The molecule has 112 valence electrons. The lowest BCUT2D eigenvalue weighted by atomic mass is 10.00. The molecule has 2 heteroatoms. The zero-order chi connectivity index (χ0) is 15.7. The van der Waals surface area contributed by atoms with Gasteiger partial charge in [0.2, 0.25) is 0 Å². The van der Waals surface area contributed by atoms with Crippen LogP contribution in [0.4, 0.5) is 5.69 Å². The number of benzene rings is 2. The largest absolute Gasteiger partial charge is 0.378 e. The molecule has 0 saturated heterocycles. The monoisotopic (exact) mass is 307 g/mol. The third-order valence-corrected chi connectivity index (χ3v) is 4.81. The van der Waals surface area contributed by atoms with Crippen molar-refractivity contribution in [3.63, 3.8) is 0 Å². The fourth-order valence-corrected chi connectivity index (χ4v) is 3.18. The first-order valence-electron chi connectivity index (χ1n) is 7.44. The molecule has 0 atom stereocenters. The number of anilines is 1. The fourth-order valence-electron chi connectivity index (χ4n) is 2.77. The van der Waals surface area contributed by atoms with Gasteiger partial charge in [0.15, 0.2) is 0 Å². The highest BCUT2D eigenvalue weighted by molar-refractivity contribution is 7.98. The summed E-state index contributed by atoms with van der Waals surface area (Å²) in [5, 5.41) is 0. The predicted octanol–water partition coefficient (Wildman–Crippen LogP) is 5.43. The number of rotatable bonds is 3. The van der Waals surface area contributed by atoms with Crippen molar-refractivity contribution in [2.75, 3.05) is 25.3 Å². The molecule has 0 aromatic heterocycles. The third-order valence-electron chi connectivity index (χ3n) is 4.07. The van der Waals surface area contributed by atoms with E-state index in [1.165, 1.54) is 38.4 Å². The van der Waals surface area contributed by atoms with Crippen molar-refractivity contribution in [1.29, 1.82) is 0 Å². The Morgan fingerprint density at radius 3 is 2.36 bits per heavy atom. The highest BCUT2D eigenvalue weighted by Crippen LogP contribution is 2.38. The summed E-state index contributed by atoms with van der Waals surface area (Å²) in [5.74, 6) is 0. The highest BCUT2D eigenvalue weighted by atomic mass is 32.2. The maximum atomic E-state index is 2.29. The summed E-state index contributed by atoms with van der Waals surface area (Å²) in [6, 6.07) is 15.4. The van der Waals surface area contributed by atoms with Crippen LogP contribution in [-0.4, -0.2) is 20.4 Å². The van der Waals surface area contributed by atoms with Crippen molar-refractivity contribution in [2.45, 2.75) is 11.8 Å². The highest BCUT2D eigenvalue weighted by Gasteiger charge is 2.16. The van der Waals surface area contributed by atoms with E-state index in [2.05, 4.69) is 86.8 Å². The van der Waals surface area contributed by atoms with Crippen LogP contribution in [0.5, 0.6) is 0 Å². The molecule has 1 aliphatic rings. The van der Waals surface area contributed by atoms with Crippen LogP contribution in [0.25, 0.3) is 17.7 Å². The maximum Gasteiger partial charge on any atom is 0.0367 e. The summed E-state index contributed by atoms with van der Waals surface area (Å²) >= 11 is 1.78. The van der Waals surface area contributed by atoms with E-state index in [9.17, 15) is 0 Å². The van der Waals surface area contributed by atoms with Gasteiger partial charge in [0.05, 0.1) is 0 Å². The minimum absolute atomic E-state index is 1.24. The number of fused-ring (bicyclic) bond motifs is 1. The van der Waals surface area contributed by atoms with E-state index in [1.807, 2.05) is 0 Å². The molecule has 0 fully saturated rings. The molecule has 2 aromatic carbocycles. The molecule has 0 bridgehead atoms. The van der Waals surface area contributed by atoms with E-state index in [0.717, 1.165) is 0 Å². The van der Waals surface area contributed by atoms with Crippen LogP contribution in [-0.2, 0) is 0 Å². The number of hydrogen-bond donors (Lipinski definition) is 0. The molecule has 1 nitrogen and oxygen atoms in total. The quantitative estimate of drug-likeness (QED) is 0.695. The topological polar surface area (TPSA) is 3.24 Å². The summed E-state index contributed by atoms with van der Waals surface area (Å²) in [6.45, 7) is 2.19. The molecule has 0 radical (unpaired) electrons. The Hall–Kier alpha value is -1.93. The lowest BCUT2D eigenvalue weighted by Crippen LogP contribution is -2.08. The van der Waals surface area contributed by atoms with E-state index < -0.39 is 0 Å². The van der Waals surface area contributed by atoms with Crippen LogP contribution in [0.15, 0.2) is 52.9 Å². The lowest BCUT2D eigenvalue weighted by molar-refractivity contribution is 1.13. The molecular formula is C20H21NS. The summed E-state index contributed by atoms with van der Waals surface area (Å²) in [6.07, 6.45) is 6.68. The van der Waals surface area contributed by atoms with Crippen LogP contribution in [0.3, 0.4) is 0 Å². The van der Waals surface area contributed by atoms with Gasteiger partial charge >= 0.3 is 0 Å². The predicted molar refractivity (Wildman–Crippen MR) is 101 cm³/mol. The van der Waals surface area contributed by atoms with E-state index in [4.69, 9.17) is 0 Å². The van der Waals surface area contributed by atoms with E-state index in [-0.39, 0.29) is 0 Å². The Morgan fingerprint density at radius 2 is 1.73 bits per heavy atom. The van der Waals surface area contributed by atoms with Crippen LogP contribution in [0, 0.1) is 0 Å². The van der Waals surface area contributed by atoms with E-state index >= 15 is 0 Å². The van der Waals surface area contributed by atoms with Crippen LogP contribution in [0.1, 0.15) is 23.6 Å². The first-order valence-corrected chi connectivity index (χ1v) is 8.67. The summed E-state index contributed by atoms with van der Waals surface area (Å²) in [5.41, 5.74) is 7.81. The first-order chi connectivity index (χ1) is 10.6. The smallest absolute Gasteiger partial charge is 0.0367 e. The molecule has 0 spiro atoms. The zero-order valence-electron chi connectivity index (χ0n) is 13.6. The average Bonchev–Trinajstić information content (AvgIpc) is 2.83. The zero-order valence-corrected chi connectivity index (χ0v) is 14.4. The van der Waals surface area contributed by atoms with Gasteiger partial charge in [-0.2, -0.15) is 0 Å². The van der Waals surface area contributed by atoms with Crippen LogP contribution < -0.4 is 4.90 Å². The van der Waals surface area contributed by atoms with Gasteiger partial charge in [-0.1, -0.05) is 24.3 Å². The Morgan fingerprint density at radius 1 is 1.00 bits per heavy atom. The molecule has 0 heterocycles. The Bertz CT molecular complexity index is 752. The average molecular weight is 307 g/mol. The fraction of sp³-hybridized carbons (Fsp3) is 0.200. The van der Waals surface area contributed by atoms with Crippen molar-refractivity contribution < 1.29 is 0 Å². The van der Waals surface area contributed by atoms with Crippen molar-refractivity contribution in [3.8, 4) is 0 Å². The molecule has 0 aliphatic heterocycles. The second-order valence-electron chi connectivity index (χ2n) is 5.82. The van der Waals surface area contributed by atoms with Crippen molar-refractivity contribution >= 4 is 35.2 Å². The lowest BCUT2D eigenvalue weighted by Gasteiger charge is -2.14. The van der Waals surface area contributed by atoms with Gasteiger partial charge < -0.3 is 4.90 Å². The first kappa shape index (κ1) is 15.0. The Kier molecular flexibility index (Phi) is 4.12. The molecule has 0 saturated carbocycles. The van der Waals surface area contributed by atoms with E-state index in [0.29, 0.717) is 0 Å². The number of allylic oxidation sites excluding steroid dienone is 2. The van der Waals surface area contributed by atoms with Crippen LogP contribution in [0.2, 0.25) is 0 Å². The summed E-state index contributed by atoms with van der Waals surface area (Å²) < 4.78 is 0. The van der Waals surface area contributed by atoms with Gasteiger partial charge in [-0.3, -0.25) is 0 Å². The van der Waals surface area contributed by atoms with Crippen molar-refractivity contribution in [3.05, 3.63) is 64.7 Å². The minimum Gasteiger partial charge on any atom is -0.378 e. The molecule has 3 rings (SSSR count). The van der Waals surface area contributed by atoms with Crippen LogP contribution >= 0.6 is 11.8 Å². The summed E-state index contributed by atoms with van der Waals surface area (Å²) in [7, 11) is 4.16. The number of thioether (sulfide) groups is 1. The molecule has 2 aromatic rings. The third kappa shape index (κ3) is 2.84. The van der Waals surface area contributed by atoms with E-state index in [1.54, 1.807) is 11.8 Å². The Labute approximate surface area is 137 Å². The molecular weight excluding hydrogens is 286 g/mol. The summed E-state index contributed by atoms with van der Waals surface area (Å²) in [4.78, 5) is 3.45. The SMILES string of the molecule is CSc1ccc(C=C2C(C)=Cc3cc(N(C)C)ccc32)cc1. The number of nitrogens with zero attached hydrogens (tertiary/aromatic N) is 1. The molecule has 0 unspecified atom stereocenters. The van der Waals surface area contributed by atoms with Crippen molar-refractivity contribution in [2.24, 2.45) is 0 Å². The molecule has 1 aliphatic carbocycles. The normalized spacial score (nSPS) is 14.9. The molecule has 0 N–H and O–H groups in total. The maximum absolute atomic E-state index is 2.29. The van der Waals surface area contributed by atoms with Gasteiger partial charge in [-0.05, 0) is 71.4 Å². The second-order valence-corrected chi connectivity index (χ2v) is 6.70. The number of hydrogen-bond acceptors (Lipinski definition) is 2. The molecule has 22 heavy (non-hydrogen) atoms. The minimum atomic E-state index is 1.24. The van der Waals surface area contributed by atoms with Gasteiger partial charge in [0.25, 0.3) is 0 Å². The second kappa shape index (κ2) is 6.05. The van der Waals surface area contributed by atoms with Gasteiger partial charge in [0, 0.05) is 24.7 Å².